The van der Waals surface area contributed by atoms with Gasteiger partial charge in [-0.15, -0.1) is 0 Å². The standard InChI is InChI=1S/C21H24N4O3S2/c1-14-6-11-18-19(15(14)2)22-21(29-18)24-23-20(26)16-7-9-17(10-8-16)30(27,28)25-12-4-3-5-13-25/h6-11H,3-5,12-13H2,1-2H3,(H,22,24)(H,23,26). The fraction of sp³-hybridized carbons (Fsp3) is 0.333. The van der Waals surface area contributed by atoms with E-state index >= 15 is 0 Å². The lowest BCUT2D eigenvalue weighted by Gasteiger charge is -2.25. The van der Waals surface area contributed by atoms with Crippen LogP contribution in [0.15, 0.2) is 41.3 Å². The van der Waals surface area contributed by atoms with E-state index in [9.17, 15) is 13.2 Å². The normalized spacial score (nSPS) is 15.3. The molecule has 0 spiro atoms. The smallest absolute Gasteiger partial charge is 0.269 e. The first-order valence-corrected chi connectivity index (χ1v) is 12.2. The van der Waals surface area contributed by atoms with E-state index < -0.39 is 10.0 Å². The van der Waals surface area contributed by atoms with Crippen LogP contribution in [0, 0.1) is 13.8 Å². The van der Waals surface area contributed by atoms with E-state index in [-0.39, 0.29) is 10.8 Å². The molecule has 2 aromatic carbocycles. The molecule has 1 amide bonds. The number of piperidine rings is 1. The fourth-order valence-corrected chi connectivity index (χ4v) is 5.89. The van der Waals surface area contributed by atoms with Crippen LogP contribution in [0.25, 0.3) is 10.2 Å². The SMILES string of the molecule is Cc1ccc2sc(NNC(=O)c3ccc(S(=O)(=O)N4CCCCC4)cc3)nc2c1C. The van der Waals surface area contributed by atoms with Gasteiger partial charge in [0.2, 0.25) is 15.2 Å². The maximum Gasteiger partial charge on any atom is 0.269 e. The first-order chi connectivity index (χ1) is 14.4. The minimum atomic E-state index is -3.50. The average molecular weight is 445 g/mol. The largest absolute Gasteiger partial charge is 0.273 e. The van der Waals surface area contributed by atoms with Crippen LogP contribution in [0.1, 0.15) is 40.7 Å². The number of nitrogens with zero attached hydrogens (tertiary/aromatic N) is 2. The molecule has 7 nitrogen and oxygen atoms in total. The minimum absolute atomic E-state index is 0.214. The molecule has 2 N–H and O–H groups in total. The Bertz CT molecular complexity index is 1180. The summed E-state index contributed by atoms with van der Waals surface area (Å²) in [6.07, 6.45) is 2.83. The average Bonchev–Trinajstić information content (AvgIpc) is 3.19. The molecule has 0 unspecified atom stereocenters. The summed E-state index contributed by atoms with van der Waals surface area (Å²) in [5.74, 6) is -0.357. The number of fused-ring (bicyclic) bond motifs is 1. The number of hydrogen-bond acceptors (Lipinski definition) is 6. The van der Waals surface area contributed by atoms with Crippen LogP contribution >= 0.6 is 11.3 Å². The molecule has 1 fully saturated rings. The summed E-state index contributed by atoms with van der Waals surface area (Å²) in [7, 11) is -3.50. The highest BCUT2D eigenvalue weighted by atomic mass is 32.2. The minimum Gasteiger partial charge on any atom is -0.273 e. The molecule has 0 aliphatic carbocycles. The molecule has 1 aromatic heterocycles. The summed E-state index contributed by atoms with van der Waals surface area (Å²) in [5.41, 5.74) is 9.07. The second-order valence-electron chi connectivity index (χ2n) is 7.44. The van der Waals surface area contributed by atoms with Gasteiger partial charge in [-0.05, 0) is 68.1 Å². The molecule has 0 saturated carbocycles. The Labute approximate surface area is 180 Å². The number of hydrogen-bond donors (Lipinski definition) is 2. The summed E-state index contributed by atoms with van der Waals surface area (Å²) in [6.45, 7) is 5.17. The van der Waals surface area contributed by atoms with Gasteiger partial charge >= 0.3 is 0 Å². The van der Waals surface area contributed by atoms with Crippen molar-refractivity contribution in [1.82, 2.24) is 14.7 Å². The van der Waals surface area contributed by atoms with Gasteiger partial charge in [0.15, 0.2) is 0 Å². The molecule has 3 aromatic rings. The van der Waals surface area contributed by atoms with Crippen LogP contribution in [-0.2, 0) is 10.0 Å². The number of aryl methyl sites for hydroxylation is 2. The Morgan fingerprint density at radius 3 is 2.43 bits per heavy atom. The number of thiazole rings is 1. The zero-order valence-electron chi connectivity index (χ0n) is 16.9. The van der Waals surface area contributed by atoms with Crippen LogP contribution in [-0.4, -0.2) is 36.7 Å². The highest BCUT2D eigenvalue weighted by molar-refractivity contribution is 7.89. The highest BCUT2D eigenvalue weighted by Gasteiger charge is 2.25. The molecule has 2 heterocycles. The van der Waals surface area contributed by atoms with Crippen molar-refractivity contribution in [2.24, 2.45) is 0 Å². The van der Waals surface area contributed by atoms with Gasteiger partial charge < -0.3 is 0 Å². The first-order valence-electron chi connectivity index (χ1n) is 9.89. The van der Waals surface area contributed by atoms with Crippen molar-refractivity contribution in [3.63, 3.8) is 0 Å². The molecule has 1 aliphatic rings. The van der Waals surface area contributed by atoms with E-state index in [0.29, 0.717) is 23.8 Å². The van der Waals surface area contributed by atoms with Crippen molar-refractivity contribution in [1.29, 1.82) is 0 Å². The number of amides is 1. The number of aromatic nitrogens is 1. The Hall–Kier alpha value is -2.49. The van der Waals surface area contributed by atoms with Crippen molar-refractivity contribution in [3.8, 4) is 0 Å². The number of nitrogens with one attached hydrogen (secondary N) is 2. The second kappa shape index (κ2) is 8.33. The van der Waals surface area contributed by atoms with Crippen LogP contribution in [0.5, 0.6) is 0 Å². The number of carbonyl (C=O) groups is 1. The van der Waals surface area contributed by atoms with Gasteiger partial charge in [-0.3, -0.25) is 15.6 Å². The number of carbonyl (C=O) groups excluding carboxylic acids is 1. The van der Waals surface area contributed by atoms with Crippen molar-refractivity contribution in [3.05, 3.63) is 53.1 Å². The van der Waals surface area contributed by atoms with E-state index in [1.54, 1.807) is 0 Å². The zero-order valence-corrected chi connectivity index (χ0v) is 18.6. The third kappa shape index (κ3) is 4.05. The summed E-state index contributed by atoms with van der Waals surface area (Å²) < 4.78 is 28.0. The van der Waals surface area contributed by atoms with Crippen molar-refractivity contribution in [2.45, 2.75) is 38.0 Å². The third-order valence-electron chi connectivity index (χ3n) is 5.44. The lowest BCUT2D eigenvalue weighted by molar-refractivity contribution is 0.0962. The summed E-state index contributed by atoms with van der Waals surface area (Å²) in [5, 5.41) is 0.594. The van der Waals surface area contributed by atoms with Crippen molar-refractivity contribution >= 4 is 42.6 Å². The second-order valence-corrected chi connectivity index (χ2v) is 10.4. The van der Waals surface area contributed by atoms with Gasteiger partial charge in [0.25, 0.3) is 5.91 Å². The predicted molar refractivity (Wildman–Crippen MR) is 119 cm³/mol. The lowest BCUT2D eigenvalue weighted by atomic mass is 10.1. The first kappa shape index (κ1) is 20.8. The molecular formula is C21H24N4O3S2. The van der Waals surface area contributed by atoms with E-state index in [4.69, 9.17) is 0 Å². The van der Waals surface area contributed by atoms with E-state index in [1.165, 1.54) is 45.5 Å². The topological polar surface area (TPSA) is 91.4 Å². The maximum absolute atomic E-state index is 12.7. The molecule has 0 atom stereocenters. The maximum atomic E-state index is 12.7. The molecule has 0 radical (unpaired) electrons. The van der Waals surface area contributed by atoms with Crippen LogP contribution in [0.4, 0.5) is 5.13 Å². The summed E-state index contributed by atoms with van der Waals surface area (Å²) in [4.78, 5) is 17.2. The third-order valence-corrected chi connectivity index (χ3v) is 8.29. The van der Waals surface area contributed by atoms with Gasteiger partial charge in [-0.2, -0.15) is 4.31 Å². The molecule has 4 rings (SSSR count). The fourth-order valence-electron chi connectivity index (χ4n) is 3.49. The van der Waals surface area contributed by atoms with E-state index in [1.807, 2.05) is 19.9 Å². The van der Waals surface area contributed by atoms with Gasteiger partial charge in [0, 0.05) is 18.7 Å². The molecular weight excluding hydrogens is 420 g/mol. The molecule has 9 heteroatoms. The molecule has 0 bridgehead atoms. The van der Waals surface area contributed by atoms with E-state index in [2.05, 4.69) is 21.9 Å². The Morgan fingerprint density at radius 2 is 1.73 bits per heavy atom. The molecule has 30 heavy (non-hydrogen) atoms. The van der Waals surface area contributed by atoms with Gasteiger partial charge in [0.1, 0.15) is 0 Å². The Balaban J connectivity index is 1.43. The predicted octanol–water partition coefficient (Wildman–Crippen LogP) is 3.84. The van der Waals surface area contributed by atoms with Gasteiger partial charge in [0.05, 0.1) is 15.1 Å². The molecule has 1 saturated heterocycles. The lowest BCUT2D eigenvalue weighted by Crippen LogP contribution is -2.35. The summed E-state index contributed by atoms with van der Waals surface area (Å²) >= 11 is 1.46. The van der Waals surface area contributed by atoms with Crippen LogP contribution in [0.3, 0.4) is 0 Å². The van der Waals surface area contributed by atoms with Crippen LogP contribution in [0.2, 0.25) is 0 Å². The van der Waals surface area contributed by atoms with Gasteiger partial charge in [-0.1, -0.05) is 23.8 Å². The number of benzene rings is 2. The molecule has 158 valence electrons. The van der Waals surface area contributed by atoms with Crippen molar-refractivity contribution in [2.75, 3.05) is 18.5 Å². The number of rotatable bonds is 5. The number of sulfonamides is 1. The highest BCUT2D eigenvalue weighted by Crippen LogP contribution is 2.29. The zero-order chi connectivity index (χ0) is 21.3. The van der Waals surface area contributed by atoms with Crippen LogP contribution < -0.4 is 10.9 Å². The summed E-state index contributed by atoms with van der Waals surface area (Å²) in [6, 6.07) is 10.1. The van der Waals surface area contributed by atoms with E-state index in [0.717, 1.165) is 35.0 Å². The Morgan fingerprint density at radius 1 is 1.03 bits per heavy atom. The monoisotopic (exact) mass is 444 g/mol. The quantitative estimate of drug-likeness (QED) is 0.584. The number of anilines is 1. The Kier molecular flexibility index (Phi) is 5.77. The molecule has 1 aliphatic heterocycles. The van der Waals surface area contributed by atoms with Gasteiger partial charge in [-0.25, -0.2) is 13.4 Å². The number of hydrazine groups is 1. The van der Waals surface area contributed by atoms with Crippen molar-refractivity contribution < 1.29 is 13.2 Å².